The molecule has 4 heteroatoms. The van der Waals surface area contributed by atoms with Crippen molar-refractivity contribution in [3.63, 3.8) is 0 Å². The maximum absolute atomic E-state index is 11.1. The molecule has 2 N–H and O–H groups in total. The van der Waals surface area contributed by atoms with Crippen molar-refractivity contribution >= 4 is 9.84 Å². The molecule has 1 heterocycles. The Kier molecular flexibility index (Phi) is 2.25. The van der Waals surface area contributed by atoms with Crippen LogP contribution in [0, 0.1) is 11.8 Å². The van der Waals surface area contributed by atoms with E-state index in [1.54, 1.807) is 0 Å². The quantitative estimate of drug-likeness (QED) is 0.614. The summed E-state index contributed by atoms with van der Waals surface area (Å²) < 4.78 is 22.2. The molecule has 0 aromatic rings. The normalized spacial score (nSPS) is 36.4. The number of nitrogens with two attached hydrogens (primary N) is 1. The van der Waals surface area contributed by atoms with E-state index in [-0.39, 0.29) is 23.5 Å². The van der Waals surface area contributed by atoms with Crippen molar-refractivity contribution < 1.29 is 8.42 Å². The minimum atomic E-state index is -2.81. The molecule has 0 aromatic carbocycles. The van der Waals surface area contributed by atoms with Gasteiger partial charge in [0.1, 0.15) is 0 Å². The van der Waals surface area contributed by atoms with Gasteiger partial charge < -0.3 is 5.73 Å². The summed E-state index contributed by atoms with van der Waals surface area (Å²) in [6.45, 7) is 4.04. The monoisotopic (exact) mass is 177 g/mol. The van der Waals surface area contributed by atoms with Crippen LogP contribution in [0.1, 0.15) is 13.8 Å². The largest absolute Gasteiger partial charge is 0.326 e. The van der Waals surface area contributed by atoms with Gasteiger partial charge in [-0.15, -0.1) is 0 Å². The molecule has 3 nitrogen and oxygen atoms in total. The summed E-state index contributed by atoms with van der Waals surface area (Å²) in [6.07, 6.45) is 0. The number of hydrogen-bond donors (Lipinski definition) is 1. The van der Waals surface area contributed by atoms with E-state index in [1.807, 2.05) is 13.8 Å². The zero-order valence-electron chi connectivity index (χ0n) is 6.95. The minimum absolute atomic E-state index is 0.139. The molecular formula is C7H15NO2S. The average Bonchev–Trinajstić information content (AvgIpc) is 2.05. The molecule has 0 radical (unpaired) electrons. The Balaban J connectivity index is 2.75. The highest BCUT2D eigenvalue weighted by Gasteiger charge is 2.36. The molecule has 1 aliphatic heterocycles. The molecule has 0 aromatic heterocycles. The van der Waals surface area contributed by atoms with Gasteiger partial charge in [0.25, 0.3) is 0 Å². The molecule has 0 amide bonds. The Labute approximate surface area is 67.9 Å². The summed E-state index contributed by atoms with van der Waals surface area (Å²) in [7, 11) is -2.81. The summed E-state index contributed by atoms with van der Waals surface area (Å²) >= 11 is 0. The van der Waals surface area contributed by atoms with Crippen LogP contribution in [0.5, 0.6) is 0 Å². The lowest BCUT2D eigenvalue weighted by Crippen LogP contribution is -2.31. The first kappa shape index (κ1) is 9.00. The van der Waals surface area contributed by atoms with E-state index in [0.29, 0.717) is 5.92 Å². The predicted octanol–water partition coefficient (Wildman–Crippen LogP) is 0.0143. The van der Waals surface area contributed by atoms with Crippen LogP contribution in [0.2, 0.25) is 0 Å². The molecule has 11 heavy (non-hydrogen) atoms. The second-order valence-corrected chi connectivity index (χ2v) is 5.80. The molecule has 2 atom stereocenters. The lowest BCUT2D eigenvalue weighted by atomic mass is 9.92. The van der Waals surface area contributed by atoms with Crippen LogP contribution in [-0.2, 0) is 9.84 Å². The van der Waals surface area contributed by atoms with Crippen molar-refractivity contribution in [2.45, 2.75) is 19.9 Å². The fourth-order valence-electron chi connectivity index (χ4n) is 1.59. The SMILES string of the molecule is CC(C)C1CS(=O)(=O)C[C@@H]1N. The van der Waals surface area contributed by atoms with Crippen LogP contribution in [-0.4, -0.2) is 26.0 Å². The molecule has 66 valence electrons. The third-order valence-electron chi connectivity index (χ3n) is 2.30. The third kappa shape index (κ3) is 1.93. The van der Waals surface area contributed by atoms with Gasteiger partial charge in [0.05, 0.1) is 11.5 Å². The van der Waals surface area contributed by atoms with Gasteiger partial charge in [-0.3, -0.25) is 0 Å². The predicted molar refractivity (Wildman–Crippen MR) is 45.0 cm³/mol. The van der Waals surface area contributed by atoms with Crippen LogP contribution in [0.4, 0.5) is 0 Å². The van der Waals surface area contributed by atoms with Crippen LogP contribution < -0.4 is 5.73 Å². The van der Waals surface area contributed by atoms with Crippen LogP contribution in [0.3, 0.4) is 0 Å². The van der Waals surface area contributed by atoms with E-state index in [4.69, 9.17) is 5.73 Å². The van der Waals surface area contributed by atoms with Crippen molar-refractivity contribution in [2.75, 3.05) is 11.5 Å². The lowest BCUT2D eigenvalue weighted by molar-refractivity contribution is 0.385. The van der Waals surface area contributed by atoms with Gasteiger partial charge in [-0.2, -0.15) is 0 Å². The maximum Gasteiger partial charge on any atom is 0.152 e. The number of rotatable bonds is 1. The standard InChI is InChI=1S/C7H15NO2S/c1-5(2)6-3-11(9,10)4-7(6)8/h5-7H,3-4,8H2,1-2H3/t6?,7-/m0/s1. The summed E-state index contributed by atoms with van der Waals surface area (Å²) in [5.41, 5.74) is 5.68. The number of hydrogen-bond acceptors (Lipinski definition) is 3. The van der Waals surface area contributed by atoms with Crippen LogP contribution in [0.15, 0.2) is 0 Å². The van der Waals surface area contributed by atoms with Gasteiger partial charge in [0.2, 0.25) is 0 Å². The summed E-state index contributed by atoms with van der Waals surface area (Å²) in [5.74, 6) is 1.00. The summed E-state index contributed by atoms with van der Waals surface area (Å²) in [5, 5.41) is 0. The highest BCUT2D eigenvalue weighted by molar-refractivity contribution is 7.91. The van der Waals surface area contributed by atoms with Crippen molar-refractivity contribution in [1.82, 2.24) is 0 Å². The van der Waals surface area contributed by atoms with Gasteiger partial charge in [-0.1, -0.05) is 13.8 Å². The highest BCUT2D eigenvalue weighted by atomic mass is 32.2. The van der Waals surface area contributed by atoms with Crippen LogP contribution in [0.25, 0.3) is 0 Å². The van der Waals surface area contributed by atoms with Crippen molar-refractivity contribution in [1.29, 1.82) is 0 Å². The van der Waals surface area contributed by atoms with Crippen molar-refractivity contribution in [3.8, 4) is 0 Å². The minimum Gasteiger partial charge on any atom is -0.326 e. The molecule has 1 fully saturated rings. The van der Waals surface area contributed by atoms with Gasteiger partial charge in [0.15, 0.2) is 9.84 Å². The van der Waals surface area contributed by atoms with Gasteiger partial charge in [-0.05, 0) is 11.8 Å². The zero-order valence-corrected chi connectivity index (χ0v) is 7.76. The van der Waals surface area contributed by atoms with Crippen molar-refractivity contribution in [3.05, 3.63) is 0 Å². The fraction of sp³-hybridized carbons (Fsp3) is 1.00. The molecule has 0 saturated carbocycles. The second-order valence-electron chi connectivity index (χ2n) is 3.65. The Hall–Kier alpha value is -0.0900. The average molecular weight is 177 g/mol. The second kappa shape index (κ2) is 2.75. The Morgan fingerprint density at radius 1 is 1.36 bits per heavy atom. The number of sulfone groups is 1. The van der Waals surface area contributed by atoms with E-state index in [2.05, 4.69) is 0 Å². The highest BCUT2D eigenvalue weighted by Crippen LogP contribution is 2.24. The van der Waals surface area contributed by atoms with Crippen LogP contribution >= 0.6 is 0 Å². The van der Waals surface area contributed by atoms with Gasteiger partial charge >= 0.3 is 0 Å². The molecule has 1 rings (SSSR count). The lowest BCUT2D eigenvalue weighted by Gasteiger charge is -2.16. The first-order chi connectivity index (χ1) is 4.92. The summed E-state index contributed by atoms with van der Waals surface area (Å²) in [4.78, 5) is 0. The van der Waals surface area contributed by atoms with E-state index < -0.39 is 9.84 Å². The third-order valence-corrected chi connectivity index (χ3v) is 4.08. The van der Waals surface area contributed by atoms with E-state index in [9.17, 15) is 8.42 Å². The topological polar surface area (TPSA) is 60.2 Å². The van der Waals surface area contributed by atoms with Gasteiger partial charge in [-0.25, -0.2) is 8.42 Å². The Morgan fingerprint density at radius 2 is 1.91 bits per heavy atom. The van der Waals surface area contributed by atoms with E-state index in [0.717, 1.165) is 0 Å². The molecular weight excluding hydrogens is 162 g/mol. The van der Waals surface area contributed by atoms with Crippen molar-refractivity contribution in [2.24, 2.45) is 17.6 Å². The summed E-state index contributed by atoms with van der Waals surface area (Å²) in [6, 6.07) is -0.139. The molecule has 0 aliphatic carbocycles. The molecule has 1 unspecified atom stereocenters. The Bertz CT molecular complexity index is 233. The van der Waals surface area contributed by atoms with E-state index >= 15 is 0 Å². The molecule has 0 bridgehead atoms. The first-order valence-corrected chi connectivity index (χ1v) is 5.70. The zero-order chi connectivity index (χ0) is 8.65. The van der Waals surface area contributed by atoms with E-state index in [1.165, 1.54) is 0 Å². The molecule has 1 aliphatic rings. The fourth-order valence-corrected chi connectivity index (χ4v) is 3.78. The molecule has 0 spiro atoms. The smallest absolute Gasteiger partial charge is 0.152 e. The van der Waals surface area contributed by atoms with Gasteiger partial charge in [0, 0.05) is 6.04 Å². The Morgan fingerprint density at radius 3 is 2.09 bits per heavy atom. The molecule has 1 saturated heterocycles. The maximum atomic E-state index is 11.1. The first-order valence-electron chi connectivity index (χ1n) is 3.88.